The first-order chi connectivity index (χ1) is 9.69. The van der Waals surface area contributed by atoms with Crippen LogP contribution >= 0.6 is 0 Å². The Morgan fingerprint density at radius 2 is 2.10 bits per heavy atom. The molecule has 1 atom stereocenters. The molecular weight excluding hydrogens is 292 g/mol. The monoisotopic (exact) mass is 316 g/mol. The van der Waals surface area contributed by atoms with Crippen molar-refractivity contribution in [1.29, 1.82) is 0 Å². The molecule has 1 fully saturated rings. The lowest BCUT2D eigenvalue weighted by molar-refractivity contribution is -0.127. The molecule has 0 spiro atoms. The number of hydrogen-bond donors (Lipinski definition) is 2. The van der Waals surface area contributed by atoms with E-state index >= 15 is 0 Å². The summed E-state index contributed by atoms with van der Waals surface area (Å²) in [6.45, 7) is 6.19. The number of guanidine groups is 1. The Morgan fingerprint density at radius 1 is 1.43 bits per heavy atom. The fraction of sp³-hybridized carbons (Fsp3) is 0.692. The van der Waals surface area contributed by atoms with Crippen molar-refractivity contribution in [3.05, 3.63) is 12.2 Å². The lowest BCUT2D eigenvalue weighted by atomic mass is 10.3. The largest absolute Gasteiger partial charge is 0.353 e. The molecule has 1 unspecified atom stereocenters. The van der Waals surface area contributed by atoms with Crippen LogP contribution < -0.4 is 10.6 Å². The second kappa shape index (κ2) is 7.44. The smallest absolute Gasteiger partial charge is 0.243 e. The molecule has 0 aromatic heterocycles. The zero-order valence-electron chi connectivity index (χ0n) is 12.8. The van der Waals surface area contributed by atoms with Crippen LogP contribution in [0.25, 0.3) is 0 Å². The van der Waals surface area contributed by atoms with Crippen LogP contribution in [0, 0.1) is 0 Å². The molecule has 8 heteroatoms. The SMILES string of the molecule is C=C(C)CNC(=NCC(=O)N(C)C)NC1CCS(=O)(=O)C1. The minimum Gasteiger partial charge on any atom is -0.353 e. The van der Waals surface area contributed by atoms with E-state index in [2.05, 4.69) is 22.2 Å². The Morgan fingerprint density at radius 3 is 2.57 bits per heavy atom. The highest BCUT2D eigenvalue weighted by atomic mass is 32.2. The maximum atomic E-state index is 11.6. The summed E-state index contributed by atoms with van der Waals surface area (Å²) in [5.74, 6) is 0.609. The van der Waals surface area contributed by atoms with Gasteiger partial charge in [0.1, 0.15) is 6.54 Å². The van der Waals surface area contributed by atoms with E-state index in [0.29, 0.717) is 18.9 Å². The number of carbonyl (C=O) groups excluding carboxylic acids is 1. The minimum absolute atomic E-state index is 0.0119. The molecule has 1 heterocycles. The van der Waals surface area contributed by atoms with E-state index in [1.54, 1.807) is 14.1 Å². The van der Waals surface area contributed by atoms with Crippen molar-refractivity contribution in [3.8, 4) is 0 Å². The molecule has 0 radical (unpaired) electrons. The molecule has 0 bridgehead atoms. The number of nitrogens with zero attached hydrogens (tertiary/aromatic N) is 2. The van der Waals surface area contributed by atoms with Crippen LogP contribution in [-0.2, 0) is 14.6 Å². The van der Waals surface area contributed by atoms with Crippen molar-refractivity contribution in [2.75, 3.05) is 38.7 Å². The van der Waals surface area contributed by atoms with Gasteiger partial charge in [0.15, 0.2) is 15.8 Å². The van der Waals surface area contributed by atoms with E-state index in [4.69, 9.17) is 0 Å². The normalized spacial score (nSPS) is 20.9. The van der Waals surface area contributed by atoms with Gasteiger partial charge in [-0.05, 0) is 13.3 Å². The van der Waals surface area contributed by atoms with Gasteiger partial charge in [0.25, 0.3) is 0 Å². The van der Waals surface area contributed by atoms with Gasteiger partial charge in [0.2, 0.25) is 5.91 Å². The first-order valence-electron chi connectivity index (χ1n) is 6.79. The Labute approximate surface area is 126 Å². The van der Waals surface area contributed by atoms with E-state index in [-0.39, 0.29) is 30.0 Å². The van der Waals surface area contributed by atoms with Gasteiger partial charge in [-0.25, -0.2) is 13.4 Å². The number of aliphatic imine (C=N–C) groups is 1. The molecular formula is C13H24N4O3S. The van der Waals surface area contributed by atoms with E-state index < -0.39 is 9.84 Å². The lowest BCUT2D eigenvalue weighted by Gasteiger charge is -2.17. The zero-order chi connectivity index (χ0) is 16.0. The van der Waals surface area contributed by atoms with Crippen molar-refractivity contribution in [1.82, 2.24) is 15.5 Å². The maximum absolute atomic E-state index is 11.6. The molecule has 0 aromatic rings. The molecule has 1 aliphatic rings. The number of rotatable bonds is 5. The number of likely N-dealkylation sites (N-methyl/N-ethyl adjacent to an activating group) is 1. The molecule has 120 valence electrons. The topological polar surface area (TPSA) is 90.9 Å². The summed E-state index contributed by atoms with van der Waals surface area (Å²) in [5, 5.41) is 6.11. The van der Waals surface area contributed by atoms with Gasteiger partial charge in [0, 0.05) is 26.7 Å². The highest BCUT2D eigenvalue weighted by Crippen LogP contribution is 2.10. The van der Waals surface area contributed by atoms with Crippen LogP contribution in [0.5, 0.6) is 0 Å². The Kier molecular flexibility index (Phi) is 6.19. The number of nitrogens with one attached hydrogen (secondary N) is 2. The van der Waals surface area contributed by atoms with Gasteiger partial charge in [-0.2, -0.15) is 0 Å². The van der Waals surface area contributed by atoms with Crippen LogP contribution in [0.1, 0.15) is 13.3 Å². The third-order valence-electron chi connectivity index (χ3n) is 3.00. The second-order valence-corrected chi connectivity index (χ2v) is 7.74. The van der Waals surface area contributed by atoms with Crippen molar-refractivity contribution >= 4 is 21.7 Å². The average Bonchev–Trinajstić information content (AvgIpc) is 2.71. The van der Waals surface area contributed by atoms with E-state index in [9.17, 15) is 13.2 Å². The van der Waals surface area contributed by atoms with Gasteiger partial charge < -0.3 is 15.5 Å². The number of hydrogen-bond acceptors (Lipinski definition) is 4. The lowest BCUT2D eigenvalue weighted by Crippen LogP contribution is -2.45. The first kappa shape index (κ1) is 17.5. The van der Waals surface area contributed by atoms with Gasteiger partial charge in [-0.15, -0.1) is 0 Å². The molecule has 0 aliphatic carbocycles. The van der Waals surface area contributed by atoms with E-state index in [1.165, 1.54) is 4.90 Å². The Hall–Kier alpha value is -1.57. The van der Waals surface area contributed by atoms with Gasteiger partial charge in [-0.1, -0.05) is 12.2 Å². The van der Waals surface area contributed by atoms with Crippen LogP contribution in [-0.4, -0.2) is 69.9 Å². The van der Waals surface area contributed by atoms with Gasteiger partial charge in [-0.3, -0.25) is 4.79 Å². The average molecular weight is 316 g/mol. The molecule has 21 heavy (non-hydrogen) atoms. The van der Waals surface area contributed by atoms with Crippen molar-refractivity contribution < 1.29 is 13.2 Å². The molecule has 2 N–H and O–H groups in total. The number of sulfone groups is 1. The summed E-state index contributed by atoms with van der Waals surface area (Å²) < 4.78 is 22.9. The Balaban J connectivity index is 2.66. The molecule has 1 saturated heterocycles. The third kappa shape index (κ3) is 6.61. The van der Waals surface area contributed by atoms with Crippen molar-refractivity contribution in [2.24, 2.45) is 4.99 Å². The highest BCUT2D eigenvalue weighted by molar-refractivity contribution is 7.91. The van der Waals surface area contributed by atoms with E-state index in [0.717, 1.165) is 5.57 Å². The van der Waals surface area contributed by atoms with Gasteiger partial charge >= 0.3 is 0 Å². The second-order valence-electron chi connectivity index (χ2n) is 5.51. The summed E-state index contributed by atoms with van der Waals surface area (Å²) in [7, 11) is 0.370. The summed E-state index contributed by atoms with van der Waals surface area (Å²) in [6.07, 6.45) is 0.553. The van der Waals surface area contributed by atoms with Crippen LogP contribution in [0.3, 0.4) is 0 Å². The van der Waals surface area contributed by atoms with Crippen LogP contribution in [0.4, 0.5) is 0 Å². The summed E-state index contributed by atoms with van der Waals surface area (Å²) in [6, 6.07) is -0.166. The third-order valence-corrected chi connectivity index (χ3v) is 4.77. The van der Waals surface area contributed by atoms with Crippen molar-refractivity contribution in [3.63, 3.8) is 0 Å². The molecule has 0 aromatic carbocycles. The summed E-state index contributed by atoms with van der Waals surface area (Å²) in [4.78, 5) is 17.2. The predicted molar refractivity (Wildman–Crippen MR) is 84.0 cm³/mol. The Bertz CT molecular complexity index is 526. The predicted octanol–water partition coefficient (Wildman–Crippen LogP) is -0.627. The molecule has 7 nitrogen and oxygen atoms in total. The zero-order valence-corrected chi connectivity index (χ0v) is 13.7. The molecule has 1 aliphatic heterocycles. The summed E-state index contributed by atoms with van der Waals surface area (Å²) >= 11 is 0. The van der Waals surface area contributed by atoms with Crippen molar-refractivity contribution in [2.45, 2.75) is 19.4 Å². The molecule has 0 saturated carbocycles. The minimum atomic E-state index is -2.96. The quantitative estimate of drug-likeness (QED) is 0.400. The number of amides is 1. The fourth-order valence-corrected chi connectivity index (χ4v) is 3.45. The standard InChI is InChI=1S/C13H24N4O3S/c1-10(2)7-14-13(15-8-12(18)17(3)4)16-11-5-6-21(19,20)9-11/h11H,1,5-9H2,2-4H3,(H2,14,15,16). The first-order valence-corrected chi connectivity index (χ1v) is 8.61. The van der Waals surface area contributed by atoms with Crippen LogP contribution in [0.2, 0.25) is 0 Å². The molecule has 1 rings (SSSR count). The summed E-state index contributed by atoms with van der Waals surface area (Å²) in [5.41, 5.74) is 0.919. The van der Waals surface area contributed by atoms with Gasteiger partial charge in [0.05, 0.1) is 11.5 Å². The molecule has 1 amide bonds. The van der Waals surface area contributed by atoms with E-state index in [1.807, 2.05) is 6.92 Å². The maximum Gasteiger partial charge on any atom is 0.243 e. The number of carbonyl (C=O) groups is 1. The van der Waals surface area contributed by atoms with Crippen LogP contribution in [0.15, 0.2) is 17.1 Å². The highest BCUT2D eigenvalue weighted by Gasteiger charge is 2.28. The fourth-order valence-electron chi connectivity index (χ4n) is 1.78.